The first-order valence-electron chi connectivity index (χ1n) is 8.94. The lowest BCUT2D eigenvalue weighted by Gasteiger charge is -2.26. The van der Waals surface area contributed by atoms with Gasteiger partial charge in [-0.25, -0.2) is 4.98 Å². The number of likely N-dealkylation sites (N-methyl/N-ethyl adjacent to an activating group) is 1. The summed E-state index contributed by atoms with van der Waals surface area (Å²) in [6, 6.07) is 2.42. The van der Waals surface area contributed by atoms with E-state index in [1.54, 1.807) is 0 Å². The fourth-order valence-corrected chi connectivity index (χ4v) is 3.13. The molecule has 5 nitrogen and oxygen atoms in total. The van der Waals surface area contributed by atoms with Crippen LogP contribution in [0.3, 0.4) is 0 Å². The van der Waals surface area contributed by atoms with E-state index in [2.05, 4.69) is 35.2 Å². The van der Waals surface area contributed by atoms with Crippen LogP contribution < -0.4 is 10.1 Å². The number of nitrogens with zero attached hydrogens (tertiary/aromatic N) is 2. The molecule has 2 aliphatic rings. The van der Waals surface area contributed by atoms with Crippen LogP contribution in [0.4, 0.5) is 0 Å². The summed E-state index contributed by atoms with van der Waals surface area (Å²) in [6.45, 7) is 8.24. The highest BCUT2D eigenvalue weighted by atomic mass is 16.5. The number of pyridine rings is 1. The molecule has 2 heterocycles. The molecule has 0 spiro atoms. The van der Waals surface area contributed by atoms with Crippen molar-refractivity contribution in [1.29, 1.82) is 0 Å². The normalized spacial score (nSPS) is 21.8. The van der Waals surface area contributed by atoms with Crippen LogP contribution in [0.1, 0.15) is 50.2 Å². The first-order valence-corrected chi connectivity index (χ1v) is 8.94. The second kappa shape index (κ2) is 6.71. The number of carbonyl (C=O) groups excluding carboxylic acids is 1. The van der Waals surface area contributed by atoms with E-state index in [0.717, 1.165) is 25.1 Å². The summed E-state index contributed by atoms with van der Waals surface area (Å²) in [4.78, 5) is 19.3. The Morgan fingerprint density at radius 3 is 2.79 bits per heavy atom. The average molecular weight is 331 g/mol. The van der Waals surface area contributed by atoms with Gasteiger partial charge in [0.15, 0.2) is 0 Å². The maximum Gasteiger partial charge on any atom is 0.229 e. The van der Waals surface area contributed by atoms with Crippen molar-refractivity contribution < 1.29 is 9.53 Å². The van der Waals surface area contributed by atoms with Crippen LogP contribution in [0.25, 0.3) is 0 Å². The Labute approximate surface area is 144 Å². The monoisotopic (exact) mass is 331 g/mol. The van der Waals surface area contributed by atoms with Crippen molar-refractivity contribution in [2.24, 2.45) is 5.41 Å². The van der Waals surface area contributed by atoms with Gasteiger partial charge in [0, 0.05) is 24.3 Å². The lowest BCUT2D eigenvalue weighted by atomic mass is 9.93. The fraction of sp³-hybridized carbons (Fsp3) is 0.684. The predicted molar refractivity (Wildman–Crippen MR) is 94.3 cm³/mol. The number of hydrogen-bond donors (Lipinski definition) is 1. The van der Waals surface area contributed by atoms with Gasteiger partial charge in [-0.1, -0.05) is 0 Å². The highest BCUT2D eigenvalue weighted by molar-refractivity contribution is 5.82. The van der Waals surface area contributed by atoms with Gasteiger partial charge >= 0.3 is 0 Å². The molecule has 24 heavy (non-hydrogen) atoms. The highest BCUT2D eigenvalue weighted by Crippen LogP contribution is 2.44. The number of nitrogens with one attached hydrogen (secondary N) is 1. The van der Waals surface area contributed by atoms with Crippen LogP contribution in [-0.2, 0) is 4.79 Å². The van der Waals surface area contributed by atoms with Crippen molar-refractivity contribution in [3.63, 3.8) is 0 Å². The number of aryl methyl sites for hydroxylation is 1. The zero-order valence-electron chi connectivity index (χ0n) is 15.3. The van der Waals surface area contributed by atoms with E-state index in [-0.39, 0.29) is 11.9 Å². The lowest BCUT2D eigenvalue weighted by molar-refractivity contribution is -0.131. The van der Waals surface area contributed by atoms with Gasteiger partial charge in [-0.15, -0.1) is 0 Å². The topological polar surface area (TPSA) is 54.5 Å². The van der Waals surface area contributed by atoms with E-state index in [1.807, 2.05) is 20.0 Å². The van der Waals surface area contributed by atoms with Crippen molar-refractivity contribution in [2.75, 3.05) is 26.7 Å². The smallest absolute Gasteiger partial charge is 0.229 e. The highest BCUT2D eigenvalue weighted by Gasteiger charge is 2.33. The van der Waals surface area contributed by atoms with Gasteiger partial charge in [0.25, 0.3) is 0 Å². The first-order chi connectivity index (χ1) is 11.3. The molecular formula is C19H29N3O2. The zero-order chi connectivity index (χ0) is 17.3. The molecule has 1 aromatic rings. The molecule has 1 aliphatic carbocycles. The Bertz CT molecular complexity index is 611. The molecule has 1 saturated heterocycles. The molecule has 0 radical (unpaired) electrons. The summed E-state index contributed by atoms with van der Waals surface area (Å²) in [5, 5.41) is 3.16. The first kappa shape index (κ1) is 17.2. The molecule has 1 aliphatic heterocycles. The minimum atomic E-state index is -0.575. The van der Waals surface area contributed by atoms with Crippen molar-refractivity contribution in [1.82, 2.24) is 15.2 Å². The molecular weight excluding hydrogens is 302 g/mol. The molecule has 1 unspecified atom stereocenters. The Morgan fingerprint density at radius 1 is 1.42 bits per heavy atom. The summed E-state index contributed by atoms with van der Waals surface area (Å²) in [7, 11) is 2.09. The number of ether oxygens (including phenoxy) is 1. The number of hydrogen-bond acceptors (Lipinski definition) is 4. The molecule has 3 rings (SSSR count). The summed E-state index contributed by atoms with van der Waals surface area (Å²) in [5.74, 6) is 1.34. The number of likely N-dealkylation sites (tertiary alicyclic amines) is 1. The van der Waals surface area contributed by atoms with E-state index in [1.165, 1.54) is 18.4 Å². The Kier molecular flexibility index (Phi) is 4.81. The van der Waals surface area contributed by atoms with E-state index < -0.39 is 5.41 Å². The summed E-state index contributed by atoms with van der Waals surface area (Å²) in [6.07, 6.45) is 5.27. The second-order valence-electron chi connectivity index (χ2n) is 8.08. The van der Waals surface area contributed by atoms with Crippen molar-refractivity contribution in [2.45, 2.75) is 52.0 Å². The van der Waals surface area contributed by atoms with Crippen LogP contribution in [0.15, 0.2) is 12.3 Å². The van der Waals surface area contributed by atoms with Crippen LogP contribution in [0, 0.1) is 12.3 Å². The Morgan fingerprint density at radius 2 is 2.17 bits per heavy atom. The predicted octanol–water partition coefficient (Wildman–Crippen LogP) is 2.49. The molecule has 1 aromatic heterocycles. The largest absolute Gasteiger partial charge is 0.476 e. The van der Waals surface area contributed by atoms with E-state index in [9.17, 15) is 4.79 Å². The molecule has 1 N–H and O–H groups in total. The van der Waals surface area contributed by atoms with Gasteiger partial charge in [0.05, 0.1) is 5.41 Å². The summed E-state index contributed by atoms with van der Waals surface area (Å²) in [5.41, 5.74) is 1.78. The second-order valence-corrected chi connectivity index (χ2v) is 8.08. The summed E-state index contributed by atoms with van der Waals surface area (Å²) < 4.78 is 5.98. The van der Waals surface area contributed by atoms with E-state index >= 15 is 0 Å². The molecule has 2 fully saturated rings. The van der Waals surface area contributed by atoms with Crippen LogP contribution in [-0.4, -0.2) is 48.6 Å². The molecule has 0 bridgehead atoms. The molecule has 0 aromatic carbocycles. The zero-order valence-corrected chi connectivity index (χ0v) is 15.3. The molecule has 1 saturated carbocycles. The van der Waals surface area contributed by atoms with Gasteiger partial charge in [-0.05, 0) is 71.2 Å². The van der Waals surface area contributed by atoms with Crippen molar-refractivity contribution in [3.8, 4) is 5.88 Å². The molecule has 1 atom stereocenters. The lowest BCUT2D eigenvalue weighted by Crippen LogP contribution is -2.46. The third-order valence-corrected chi connectivity index (χ3v) is 4.94. The van der Waals surface area contributed by atoms with Gasteiger partial charge in [0.1, 0.15) is 6.61 Å². The number of carbonyl (C=O) groups is 1. The summed E-state index contributed by atoms with van der Waals surface area (Å²) >= 11 is 0. The third-order valence-electron chi connectivity index (χ3n) is 4.94. The molecule has 132 valence electrons. The Hall–Kier alpha value is -1.62. The number of aromatic nitrogens is 1. The van der Waals surface area contributed by atoms with Gasteiger partial charge in [-0.2, -0.15) is 0 Å². The minimum absolute atomic E-state index is 0.0582. The van der Waals surface area contributed by atoms with Crippen LogP contribution in [0.2, 0.25) is 0 Å². The molecule has 1 amide bonds. The fourth-order valence-electron chi connectivity index (χ4n) is 3.13. The minimum Gasteiger partial charge on any atom is -0.476 e. The SMILES string of the molecule is Cc1cnc(OCC(C)(C)C(=O)NC2CCN(C)C2)c(C2CC2)c1. The Balaban J connectivity index is 1.59. The number of rotatable bonds is 6. The van der Waals surface area contributed by atoms with Crippen LogP contribution >= 0.6 is 0 Å². The quantitative estimate of drug-likeness (QED) is 0.870. The van der Waals surface area contributed by atoms with Gasteiger partial charge in [-0.3, -0.25) is 4.79 Å². The van der Waals surface area contributed by atoms with Gasteiger partial charge in [0.2, 0.25) is 11.8 Å². The number of amides is 1. The van der Waals surface area contributed by atoms with E-state index in [0.29, 0.717) is 18.4 Å². The average Bonchev–Trinajstić information content (AvgIpc) is 3.29. The van der Waals surface area contributed by atoms with Crippen molar-refractivity contribution >= 4 is 5.91 Å². The van der Waals surface area contributed by atoms with Crippen LogP contribution in [0.5, 0.6) is 5.88 Å². The maximum absolute atomic E-state index is 12.6. The van der Waals surface area contributed by atoms with E-state index in [4.69, 9.17) is 4.74 Å². The third kappa shape index (κ3) is 4.07. The maximum atomic E-state index is 12.6. The molecule has 5 heteroatoms. The van der Waals surface area contributed by atoms with Gasteiger partial charge < -0.3 is 15.0 Å². The van der Waals surface area contributed by atoms with Crippen molar-refractivity contribution in [3.05, 3.63) is 23.4 Å². The standard InChI is InChI=1S/C19H29N3O2/c1-13-9-16(14-5-6-14)17(20-10-13)24-12-19(2,3)18(23)21-15-7-8-22(4)11-15/h9-10,14-15H,5-8,11-12H2,1-4H3,(H,21,23).